The van der Waals surface area contributed by atoms with Crippen LogP contribution in [0.25, 0.3) is 0 Å². The van der Waals surface area contributed by atoms with E-state index in [2.05, 4.69) is 12.8 Å². The van der Waals surface area contributed by atoms with Crippen molar-refractivity contribution in [2.45, 2.75) is 0 Å². The van der Waals surface area contributed by atoms with Crippen LogP contribution in [0.3, 0.4) is 0 Å². The van der Waals surface area contributed by atoms with E-state index in [9.17, 15) is 0 Å². The topological polar surface area (TPSA) is 0 Å². The summed E-state index contributed by atoms with van der Waals surface area (Å²) in [4.78, 5) is 0. The van der Waals surface area contributed by atoms with E-state index in [0.29, 0.717) is 0 Å². The molecule has 0 atom stereocenters. The molecular formula is H4CdMgSeTeZn. The van der Waals surface area contributed by atoms with E-state index in [1.54, 1.807) is 20.1 Å². The van der Waals surface area contributed by atoms with Gasteiger partial charge < -0.3 is 2.85 Å². The van der Waals surface area contributed by atoms with Crippen molar-refractivity contribution >= 4 is 55.9 Å². The molecule has 0 N–H and O–H groups in total. The standard InChI is InChI=1S/Cd.Mg.H2SeTe.Zn.2H/c;;1-2;;;/h;;1-2H;;;/q;+2;;;2*-1. The molecular weight excluding hydrogens is 409 g/mol. The normalized spacial score (nSPS) is 1.20. The van der Waals surface area contributed by atoms with Crippen molar-refractivity contribution < 1.29 is 49.6 Å². The van der Waals surface area contributed by atoms with Crippen molar-refractivity contribution in [2.75, 3.05) is 0 Å². The molecule has 0 amide bonds. The molecule has 0 saturated heterocycles. The van der Waals surface area contributed by atoms with Crippen LogP contribution in [-0.4, -0.2) is 55.9 Å². The van der Waals surface area contributed by atoms with Crippen molar-refractivity contribution in [2.24, 2.45) is 0 Å². The van der Waals surface area contributed by atoms with E-state index in [1.807, 2.05) is 0 Å². The van der Waals surface area contributed by atoms with Crippen molar-refractivity contribution in [3.63, 3.8) is 0 Å². The van der Waals surface area contributed by atoms with E-state index in [0.717, 1.165) is 0 Å². The molecule has 0 radical (unpaired) electrons. The molecule has 0 aliphatic carbocycles. The molecule has 0 aromatic carbocycles. The third kappa shape index (κ3) is 18.4. The van der Waals surface area contributed by atoms with Crippen LogP contribution < -0.4 is 0 Å². The Hall–Kier alpha value is 3.62. The zero-order valence-electron chi connectivity index (χ0n) is 5.02. The molecule has 0 aromatic heterocycles. The van der Waals surface area contributed by atoms with Crippen LogP contribution in [0.4, 0.5) is 0 Å². The monoisotopic (exact) mass is 416 g/mol. The van der Waals surface area contributed by atoms with Crippen LogP contribution in [-0.2, 0) is 46.8 Å². The maximum absolute atomic E-state index is 2.36. The molecule has 0 aromatic rings. The summed E-state index contributed by atoms with van der Waals surface area (Å²) in [7, 11) is 0. The van der Waals surface area contributed by atoms with E-state index in [-0.39, 0.29) is 72.7 Å². The van der Waals surface area contributed by atoms with Crippen molar-refractivity contribution in [1.29, 1.82) is 0 Å². The van der Waals surface area contributed by atoms with Gasteiger partial charge in [0.05, 0.1) is 0 Å². The summed E-state index contributed by atoms with van der Waals surface area (Å²) < 4.78 is 0. The molecule has 0 aliphatic rings. The zero-order chi connectivity index (χ0) is 2.00. The van der Waals surface area contributed by atoms with E-state index in [4.69, 9.17) is 0 Å². The van der Waals surface area contributed by atoms with Gasteiger partial charge in [-0.2, -0.15) is 0 Å². The minimum absolute atomic E-state index is 0. The molecule has 0 rings (SSSR count). The fraction of sp³-hybridized carbons (Fsp3) is 0. The van der Waals surface area contributed by atoms with Crippen molar-refractivity contribution in [3.8, 4) is 0 Å². The Balaban J connectivity index is -0.000000000500. The molecule has 0 heterocycles. The average molecular weight is 413 g/mol. The second-order valence-corrected chi connectivity index (χ2v) is 0. The maximum Gasteiger partial charge on any atom is 0 e. The average Bonchev–Trinajstić information content (AvgIpc) is 1.00. The van der Waals surface area contributed by atoms with Gasteiger partial charge in [-0.05, 0) is 0 Å². The largest absolute Gasteiger partial charge is 0 e. The maximum atomic E-state index is 2.36. The molecule has 0 saturated carbocycles. The first kappa shape index (κ1) is 23.4. The Morgan fingerprint density at radius 3 is 1.40 bits per heavy atom. The van der Waals surface area contributed by atoms with Crippen LogP contribution in [0.1, 0.15) is 2.85 Å². The summed E-state index contributed by atoms with van der Waals surface area (Å²) in [6.45, 7) is 0. The van der Waals surface area contributed by atoms with Crippen LogP contribution in [0, 0.1) is 0 Å². The Morgan fingerprint density at radius 1 is 1.40 bits per heavy atom. The predicted molar refractivity (Wildman–Crippen MR) is 22.3 cm³/mol. The Labute approximate surface area is 103 Å². The number of hydrogen-bond acceptors (Lipinski definition) is 0. The quantitative estimate of drug-likeness (QED) is 0.427. The molecule has 0 spiro atoms. The van der Waals surface area contributed by atoms with Crippen LogP contribution >= 0.6 is 0 Å². The minimum Gasteiger partial charge on any atom is 0 e. The number of rotatable bonds is 0. The van der Waals surface area contributed by atoms with Gasteiger partial charge in [0.15, 0.2) is 0 Å². The Kier molecular flexibility index (Phi) is 119. The summed E-state index contributed by atoms with van der Waals surface area (Å²) in [5.41, 5.74) is 0. The molecule has 22 valence electrons. The number of hydrogen-bond donors (Lipinski definition) is 0. The van der Waals surface area contributed by atoms with Crippen LogP contribution in [0.2, 0.25) is 0 Å². The molecule has 0 nitrogen and oxygen atoms in total. The Morgan fingerprint density at radius 2 is 1.40 bits per heavy atom. The van der Waals surface area contributed by atoms with Gasteiger partial charge in [-0.15, -0.1) is 0 Å². The van der Waals surface area contributed by atoms with E-state index >= 15 is 0 Å². The van der Waals surface area contributed by atoms with Gasteiger partial charge in [-0.3, -0.25) is 0 Å². The molecule has 5 heteroatoms. The predicted octanol–water partition coefficient (Wildman–Crippen LogP) is -1.46. The van der Waals surface area contributed by atoms with Gasteiger partial charge in [-0.25, -0.2) is 0 Å². The van der Waals surface area contributed by atoms with Gasteiger partial charge in [-0.1, -0.05) is 0 Å². The van der Waals surface area contributed by atoms with Crippen molar-refractivity contribution in [1.82, 2.24) is 0 Å². The van der Waals surface area contributed by atoms with E-state index < -0.39 is 0 Å². The molecule has 5 heavy (non-hydrogen) atoms. The SMILES string of the molecule is [Cd].[H-].[H-].[Mg+2].[SeH][TeH].[Zn]. The van der Waals surface area contributed by atoms with Gasteiger partial charge in [0.25, 0.3) is 0 Å². The molecule has 0 fully saturated rings. The smallest absolute Gasteiger partial charge is 0 e. The summed E-state index contributed by atoms with van der Waals surface area (Å²) in [5, 5.41) is 0. The summed E-state index contributed by atoms with van der Waals surface area (Å²) in [5.74, 6) is 0. The fourth-order valence-electron chi connectivity index (χ4n) is 0. The van der Waals surface area contributed by atoms with Crippen LogP contribution in [0.5, 0.6) is 0 Å². The molecule has 0 aliphatic heterocycles. The summed E-state index contributed by atoms with van der Waals surface area (Å²) >= 11 is 4.05. The van der Waals surface area contributed by atoms with Gasteiger partial charge in [0, 0.05) is 46.8 Å². The molecule has 0 bridgehead atoms. The van der Waals surface area contributed by atoms with Gasteiger partial charge in [0.1, 0.15) is 0 Å². The third-order valence-corrected chi connectivity index (χ3v) is 0. The first-order valence-electron chi connectivity index (χ1n) is 0.200. The second-order valence-electron chi connectivity index (χ2n) is 0. The van der Waals surface area contributed by atoms with Crippen LogP contribution in [0.15, 0.2) is 0 Å². The first-order valence-corrected chi connectivity index (χ1v) is 6.97. The zero-order valence-corrected chi connectivity index (χ0v) is 15.9. The van der Waals surface area contributed by atoms with E-state index in [1.165, 1.54) is 0 Å². The Bertz CT molecular complexity index is 17.7. The van der Waals surface area contributed by atoms with Gasteiger partial charge in [0.2, 0.25) is 0 Å². The summed E-state index contributed by atoms with van der Waals surface area (Å²) in [6.07, 6.45) is 0. The first-order chi connectivity index (χ1) is 1.00. The fourth-order valence-corrected chi connectivity index (χ4v) is 0. The minimum atomic E-state index is 0. The third-order valence-electron chi connectivity index (χ3n) is 0. The summed E-state index contributed by atoms with van der Waals surface area (Å²) in [6, 6.07) is 0. The van der Waals surface area contributed by atoms with Crippen molar-refractivity contribution in [3.05, 3.63) is 0 Å². The van der Waals surface area contributed by atoms with Gasteiger partial charge >= 0.3 is 55.9 Å². The second kappa shape index (κ2) is 25.5. The molecule has 0 unspecified atom stereocenters.